The van der Waals surface area contributed by atoms with Gasteiger partial charge in [0.25, 0.3) is 0 Å². The van der Waals surface area contributed by atoms with Crippen LogP contribution >= 0.6 is 24.8 Å². The third kappa shape index (κ3) is 5.53. The van der Waals surface area contributed by atoms with Crippen LogP contribution in [-0.4, -0.2) is 49.0 Å². The molecule has 210 valence electrons. The van der Waals surface area contributed by atoms with Crippen molar-refractivity contribution < 1.29 is 0 Å². The quantitative estimate of drug-likeness (QED) is 0.298. The molecule has 1 fully saturated rings. The van der Waals surface area contributed by atoms with Crippen LogP contribution in [0.25, 0.3) is 17.1 Å². The van der Waals surface area contributed by atoms with E-state index in [0.717, 1.165) is 43.5 Å². The molecule has 2 aromatic carbocycles. The Morgan fingerprint density at radius 3 is 2.40 bits per heavy atom. The fraction of sp³-hybridized carbons (Fsp3) is 0.400. The number of aryl methyl sites for hydroxylation is 4. The fourth-order valence-corrected chi connectivity index (χ4v) is 6.49. The minimum absolute atomic E-state index is 0. The summed E-state index contributed by atoms with van der Waals surface area (Å²) in [5.41, 5.74) is 14.8. The van der Waals surface area contributed by atoms with E-state index in [1.54, 1.807) is 4.68 Å². The second-order valence-corrected chi connectivity index (χ2v) is 10.9. The number of halogens is 2. The molecule has 1 saturated heterocycles. The van der Waals surface area contributed by atoms with Crippen LogP contribution in [0.15, 0.2) is 48.5 Å². The Labute approximate surface area is 247 Å². The molecule has 1 unspecified atom stereocenters. The minimum Gasteiger partial charge on any atom is -0.368 e. The van der Waals surface area contributed by atoms with Gasteiger partial charge in [0.15, 0.2) is 5.82 Å². The Balaban J connectivity index is 0.00000161. The van der Waals surface area contributed by atoms with Gasteiger partial charge >= 0.3 is 0 Å². The predicted octanol–water partition coefficient (Wildman–Crippen LogP) is 5.73. The van der Waals surface area contributed by atoms with Gasteiger partial charge in [0.2, 0.25) is 11.9 Å². The lowest BCUT2D eigenvalue weighted by atomic mass is 10.0. The van der Waals surface area contributed by atoms with Crippen molar-refractivity contribution in [1.29, 1.82) is 0 Å². The standard InChI is InChI=1S/C30H34N8.2ClH/c31-29-33-30(32-24-13-10-20-11-14-25(15-12-22(20)18-24)37-16-3-4-17-37)36-38(29)27-19-23-8-5-7-21-6-1-2-9-26(21)28(23)35-34-27;;/h1-2,6,9-10,13,18-19,25H,3-5,7-8,11-12,14-17H2,(H3,31,32,33,36);2*1H. The molecule has 8 nitrogen and oxygen atoms in total. The summed E-state index contributed by atoms with van der Waals surface area (Å²) in [5, 5.41) is 17.1. The molecular weight excluding hydrogens is 543 g/mol. The molecule has 2 aliphatic carbocycles. The number of benzene rings is 2. The molecule has 0 saturated carbocycles. The predicted molar refractivity (Wildman–Crippen MR) is 164 cm³/mol. The van der Waals surface area contributed by atoms with E-state index in [4.69, 9.17) is 5.73 Å². The molecule has 10 heteroatoms. The lowest BCUT2D eigenvalue weighted by Crippen LogP contribution is -2.32. The maximum atomic E-state index is 6.29. The van der Waals surface area contributed by atoms with Gasteiger partial charge in [-0.15, -0.1) is 40.1 Å². The Morgan fingerprint density at radius 1 is 0.775 bits per heavy atom. The summed E-state index contributed by atoms with van der Waals surface area (Å²) in [6.45, 7) is 2.54. The van der Waals surface area contributed by atoms with Gasteiger partial charge in [-0.05, 0) is 111 Å². The van der Waals surface area contributed by atoms with E-state index < -0.39 is 0 Å². The minimum atomic E-state index is 0. The zero-order valence-corrected chi connectivity index (χ0v) is 24.2. The van der Waals surface area contributed by atoms with Crippen LogP contribution < -0.4 is 11.1 Å². The number of nitrogens with two attached hydrogens (primary N) is 1. The number of rotatable bonds is 4. The van der Waals surface area contributed by atoms with E-state index in [1.165, 1.54) is 66.6 Å². The smallest absolute Gasteiger partial charge is 0.248 e. The Bertz CT molecular complexity index is 1480. The summed E-state index contributed by atoms with van der Waals surface area (Å²) in [6, 6.07) is 17.9. The molecule has 3 N–H and O–H groups in total. The summed E-state index contributed by atoms with van der Waals surface area (Å²) in [7, 11) is 0. The van der Waals surface area contributed by atoms with Crippen LogP contribution in [0.3, 0.4) is 0 Å². The van der Waals surface area contributed by atoms with Crippen LogP contribution in [-0.2, 0) is 25.7 Å². The molecule has 2 aromatic heterocycles. The fourth-order valence-electron chi connectivity index (χ4n) is 6.49. The van der Waals surface area contributed by atoms with E-state index >= 15 is 0 Å². The van der Waals surface area contributed by atoms with Crippen LogP contribution in [0, 0.1) is 0 Å². The largest absolute Gasteiger partial charge is 0.368 e. The van der Waals surface area contributed by atoms with E-state index in [-0.39, 0.29) is 24.8 Å². The SMILES string of the molecule is Cl.Cl.Nc1nc(Nc2ccc3c(c2)CCC(N2CCCC2)CC3)nn1-c1cc2c(nn1)-c1ccccc1CCC2. The van der Waals surface area contributed by atoms with E-state index in [2.05, 4.69) is 79.0 Å². The van der Waals surface area contributed by atoms with Gasteiger partial charge in [0.05, 0.1) is 5.69 Å². The second-order valence-electron chi connectivity index (χ2n) is 10.9. The van der Waals surface area contributed by atoms with Gasteiger partial charge in [-0.25, -0.2) is 0 Å². The molecule has 0 radical (unpaired) electrons. The molecule has 7 rings (SSSR count). The number of nitrogen functional groups attached to an aromatic ring is 1. The van der Waals surface area contributed by atoms with E-state index in [9.17, 15) is 0 Å². The average Bonchev–Trinajstić information content (AvgIpc) is 3.49. The number of fused-ring (bicyclic) bond motifs is 4. The number of nitrogens with one attached hydrogen (secondary N) is 1. The first-order valence-electron chi connectivity index (χ1n) is 14.0. The van der Waals surface area contributed by atoms with Crippen molar-refractivity contribution in [3.63, 3.8) is 0 Å². The number of anilines is 3. The van der Waals surface area contributed by atoms with Gasteiger partial charge in [0, 0.05) is 17.3 Å². The molecule has 0 bridgehead atoms. The van der Waals surface area contributed by atoms with Crippen LogP contribution in [0.1, 0.15) is 54.4 Å². The summed E-state index contributed by atoms with van der Waals surface area (Å²) in [5.74, 6) is 1.35. The summed E-state index contributed by atoms with van der Waals surface area (Å²) >= 11 is 0. The monoisotopic (exact) mass is 578 g/mol. The first kappa shape index (κ1) is 28.3. The topological polar surface area (TPSA) is 97.8 Å². The molecule has 3 heterocycles. The number of hydrogen-bond donors (Lipinski definition) is 2. The summed E-state index contributed by atoms with van der Waals surface area (Å²) < 4.78 is 1.58. The Kier molecular flexibility index (Phi) is 8.59. The molecular formula is C30H36Cl2N8. The van der Waals surface area contributed by atoms with Gasteiger partial charge < -0.3 is 16.0 Å². The van der Waals surface area contributed by atoms with Crippen molar-refractivity contribution in [3.8, 4) is 17.1 Å². The third-order valence-electron chi connectivity index (χ3n) is 8.49. The average molecular weight is 580 g/mol. The highest BCUT2D eigenvalue weighted by molar-refractivity contribution is 5.85. The lowest BCUT2D eigenvalue weighted by Gasteiger charge is -2.25. The van der Waals surface area contributed by atoms with Gasteiger partial charge in [-0.2, -0.15) is 9.67 Å². The zero-order valence-electron chi connectivity index (χ0n) is 22.6. The summed E-state index contributed by atoms with van der Waals surface area (Å²) in [4.78, 5) is 7.19. The summed E-state index contributed by atoms with van der Waals surface area (Å²) in [6.07, 6.45) is 10.5. The number of likely N-dealkylation sites (tertiary alicyclic amines) is 1. The molecule has 0 spiro atoms. The van der Waals surface area contributed by atoms with Crippen molar-refractivity contribution in [1.82, 2.24) is 29.9 Å². The maximum Gasteiger partial charge on any atom is 0.248 e. The molecule has 3 aliphatic rings. The van der Waals surface area contributed by atoms with Crippen molar-refractivity contribution >= 4 is 42.4 Å². The van der Waals surface area contributed by atoms with E-state index in [0.29, 0.717) is 23.8 Å². The third-order valence-corrected chi connectivity index (χ3v) is 8.49. The molecule has 0 amide bonds. The van der Waals surface area contributed by atoms with Gasteiger partial charge in [-0.3, -0.25) is 0 Å². The van der Waals surface area contributed by atoms with Crippen molar-refractivity contribution in [2.75, 3.05) is 24.1 Å². The highest BCUT2D eigenvalue weighted by Crippen LogP contribution is 2.32. The maximum absolute atomic E-state index is 6.29. The molecule has 40 heavy (non-hydrogen) atoms. The molecule has 1 atom stereocenters. The highest BCUT2D eigenvalue weighted by Gasteiger charge is 2.25. The first-order chi connectivity index (χ1) is 18.7. The van der Waals surface area contributed by atoms with Crippen LogP contribution in [0.4, 0.5) is 17.6 Å². The van der Waals surface area contributed by atoms with Gasteiger partial charge in [0.1, 0.15) is 0 Å². The van der Waals surface area contributed by atoms with Crippen molar-refractivity contribution in [2.24, 2.45) is 0 Å². The number of nitrogens with zero attached hydrogens (tertiary/aromatic N) is 6. The molecule has 1 aliphatic heterocycles. The zero-order chi connectivity index (χ0) is 25.5. The van der Waals surface area contributed by atoms with Gasteiger partial charge in [-0.1, -0.05) is 30.3 Å². The van der Waals surface area contributed by atoms with Crippen molar-refractivity contribution in [2.45, 2.75) is 63.8 Å². The Hall–Kier alpha value is -3.20. The van der Waals surface area contributed by atoms with Crippen molar-refractivity contribution in [3.05, 3.63) is 70.8 Å². The van der Waals surface area contributed by atoms with Crippen LogP contribution in [0.5, 0.6) is 0 Å². The second kappa shape index (κ2) is 12.1. The number of hydrogen-bond acceptors (Lipinski definition) is 7. The first-order valence-corrected chi connectivity index (χ1v) is 14.0. The van der Waals surface area contributed by atoms with E-state index in [1.807, 2.05) is 0 Å². The van der Waals surface area contributed by atoms with Crippen LogP contribution in [0.2, 0.25) is 0 Å². The molecule has 4 aromatic rings. The Morgan fingerprint density at radius 2 is 1.55 bits per heavy atom. The highest BCUT2D eigenvalue weighted by atomic mass is 35.5. The number of aromatic nitrogens is 5. The normalized spacial score (nSPS) is 18.2. The lowest BCUT2D eigenvalue weighted by molar-refractivity contribution is 0.222.